The molecule has 0 bridgehead atoms. The Hall–Kier alpha value is -0.190. The minimum absolute atomic E-state index is 0.126. The van der Waals surface area contributed by atoms with Gasteiger partial charge in [-0.25, -0.2) is 4.39 Å². The van der Waals surface area contributed by atoms with Crippen LogP contribution in [0.15, 0.2) is 18.2 Å². The molecular formula is C15H22FNS2. The zero-order valence-electron chi connectivity index (χ0n) is 11.8. The van der Waals surface area contributed by atoms with E-state index in [4.69, 9.17) is 0 Å². The van der Waals surface area contributed by atoms with Crippen molar-refractivity contribution in [2.75, 3.05) is 18.1 Å². The summed E-state index contributed by atoms with van der Waals surface area (Å²) in [6.07, 6.45) is 0. The van der Waals surface area contributed by atoms with Gasteiger partial charge >= 0.3 is 0 Å². The molecule has 0 saturated carbocycles. The van der Waals surface area contributed by atoms with Crippen molar-refractivity contribution in [3.05, 3.63) is 35.1 Å². The quantitative estimate of drug-likeness (QED) is 0.902. The third-order valence-electron chi connectivity index (χ3n) is 3.41. The van der Waals surface area contributed by atoms with Crippen LogP contribution in [0.25, 0.3) is 0 Å². The van der Waals surface area contributed by atoms with Gasteiger partial charge in [0.15, 0.2) is 0 Å². The second-order valence-electron chi connectivity index (χ2n) is 5.01. The van der Waals surface area contributed by atoms with Gasteiger partial charge in [-0.2, -0.15) is 23.5 Å². The van der Waals surface area contributed by atoms with Crippen LogP contribution in [0.5, 0.6) is 0 Å². The van der Waals surface area contributed by atoms with Gasteiger partial charge in [-0.15, -0.1) is 0 Å². The summed E-state index contributed by atoms with van der Waals surface area (Å²) in [5.41, 5.74) is 2.09. The molecule has 1 aliphatic heterocycles. The van der Waals surface area contributed by atoms with Crippen LogP contribution in [0.1, 0.15) is 31.0 Å². The molecule has 0 aromatic heterocycles. The van der Waals surface area contributed by atoms with Crippen LogP contribution in [-0.4, -0.2) is 28.6 Å². The van der Waals surface area contributed by atoms with Crippen molar-refractivity contribution in [2.24, 2.45) is 0 Å². The summed E-state index contributed by atoms with van der Waals surface area (Å²) in [5.74, 6) is 2.29. The van der Waals surface area contributed by atoms with E-state index in [-0.39, 0.29) is 11.9 Å². The predicted octanol–water partition coefficient (Wildman–Crippen LogP) is 4.02. The van der Waals surface area contributed by atoms with Gasteiger partial charge in [0.05, 0.1) is 0 Å². The summed E-state index contributed by atoms with van der Waals surface area (Å²) in [7, 11) is 0. The zero-order valence-corrected chi connectivity index (χ0v) is 13.4. The number of benzene rings is 1. The van der Waals surface area contributed by atoms with Crippen molar-refractivity contribution in [3.8, 4) is 0 Å². The molecule has 1 N–H and O–H groups in total. The summed E-state index contributed by atoms with van der Waals surface area (Å²) in [6.45, 7) is 7.28. The topological polar surface area (TPSA) is 12.0 Å². The van der Waals surface area contributed by atoms with Gasteiger partial charge in [-0.3, -0.25) is 0 Å². The van der Waals surface area contributed by atoms with Crippen LogP contribution < -0.4 is 5.32 Å². The molecule has 1 heterocycles. The molecule has 1 nitrogen and oxygen atoms in total. The van der Waals surface area contributed by atoms with E-state index in [2.05, 4.69) is 25.2 Å². The molecule has 1 fully saturated rings. The summed E-state index contributed by atoms with van der Waals surface area (Å²) in [6, 6.07) is 5.64. The highest BCUT2D eigenvalue weighted by Crippen LogP contribution is 2.38. The van der Waals surface area contributed by atoms with Crippen LogP contribution >= 0.6 is 23.5 Å². The van der Waals surface area contributed by atoms with E-state index in [0.717, 1.165) is 17.7 Å². The lowest BCUT2D eigenvalue weighted by Gasteiger charge is -2.35. The Bertz CT molecular complexity index is 404. The Kier molecular flexibility index (Phi) is 5.60. The van der Waals surface area contributed by atoms with Crippen molar-refractivity contribution in [1.29, 1.82) is 0 Å². The molecule has 0 spiro atoms. The van der Waals surface area contributed by atoms with Gasteiger partial charge in [0.25, 0.3) is 0 Å². The molecule has 1 saturated heterocycles. The average Bonchev–Trinajstić information content (AvgIpc) is 2.36. The van der Waals surface area contributed by atoms with Gasteiger partial charge in [-0.1, -0.05) is 19.9 Å². The Labute approximate surface area is 124 Å². The van der Waals surface area contributed by atoms with Crippen LogP contribution in [0, 0.1) is 12.7 Å². The van der Waals surface area contributed by atoms with E-state index in [1.54, 1.807) is 12.1 Å². The van der Waals surface area contributed by atoms with Gasteiger partial charge in [0, 0.05) is 28.0 Å². The normalized spacial score (nSPS) is 25.3. The zero-order chi connectivity index (χ0) is 13.8. The van der Waals surface area contributed by atoms with Crippen LogP contribution in [0.2, 0.25) is 0 Å². The Balaban J connectivity index is 2.27. The Morgan fingerprint density at radius 1 is 1.32 bits per heavy atom. The molecule has 0 aliphatic carbocycles. The van der Waals surface area contributed by atoms with E-state index < -0.39 is 0 Å². The number of hydrogen-bond donors (Lipinski definition) is 1. The van der Waals surface area contributed by atoms with Crippen molar-refractivity contribution in [2.45, 2.75) is 37.3 Å². The maximum absolute atomic E-state index is 13.7. The molecule has 3 atom stereocenters. The van der Waals surface area contributed by atoms with E-state index in [1.807, 2.05) is 30.4 Å². The number of thioether (sulfide) groups is 2. The van der Waals surface area contributed by atoms with E-state index in [0.29, 0.717) is 10.5 Å². The molecule has 3 unspecified atom stereocenters. The molecule has 4 heteroatoms. The number of nitrogens with one attached hydrogen (secondary N) is 1. The fourth-order valence-corrected chi connectivity index (χ4v) is 5.55. The SMILES string of the molecule is CCNC(c1cc(C)cc(F)c1)C1SCCSC1C. The first-order chi connectivity index (χ1) is 9.11. The standard InChI is InChI=1S/C15H22FNS2/c1-4-17-14(15-11(3)18-5-6-19-15)12-7-10(2)8-13(16)9-12/h7-9,11,14-15,17H,4-6H2,1-3H3. The Morgan fingerprint density at radius 2 is 2.05 bits per heavy atom. The number of hydrogen-bond acceptors (Lipinski definition) is 3. The first kappa shape index (κ1) is 15.2. The monoisotopic (exact) mass is 299 g/mol. The third-order valence-corrected chi connectivity index (χ3v) is 6.61. The Morgan fingerprint density at radius 3 is 2.68 bits per heavy atom. The van der Waals surface area contributed by atoms with Crippen molar-refractivity contribution in [1.82, 2.24) is 5.32 Å². The summed E-state index contributed by atoms with van der Waals surface area (Å²) >= 11 is 4.05. The fraction of sp³-hybridized carbons (Fsp3) is 0.600. The summed E-state index contributed by atoms with van der Waals surface area (Å²) < 4.78 is 13.7. The molecule has 0 radical (unpaired) electrons. The molecule has 1 aliphatic rings. The lowest BCUT2D eigenvalue weighted by atomic mass is 9.99. The van der Waals surface area contributed by atoms with Crippen molar-refractivity contribution < 1.29 is 4.39 Å². The van der Waals surface area contributed by atoms with E-state index in [1.165, 1.54) is 11.5 Å². The number of aryl methyl sites for hydroxylation is 1. The molecule has 1 aromatic carbocycles. The third kappa shape index (κ3) is 3.89. The number of rotatable bonds is 4. The van der Waals surface area contributed by atoms with Crippen molar-refractivity contribution >= 4 is 23.5 Å². The van der Waals surface area contributed by atoms with Gasteiger partial charge < -0.3 is 5.32 Å². The van der Waals surface area contributed by atoms with Crippen LogP contribution in [0.3, 0.4) is 0 Å². The van der Waals surface area contributed by atoms with Crippen LogP contribution in [-0.2, 0) is 0 Å². The van der Waals surface area contributed by atoms with E-state index >= 15 is 0 Å². The summed E-state index contributed by atoms with van der Waals surface area (Å²) in [4.78, 5) is 0. The first-order valence-corrected chi connectivity index (χ1v) is 8.95. The molecule has 2 rings (SSSR count). The molecule has 19 heavy (non-hydrogen) atoms. The molecule has 0 amide bonds. The average molecular weight is 299 g/mol. The lowest BCUT2D eigenvalue weighted by molar-refractivity contribution is 0.520. The first-order valence-electron chi connectivity index (χ1n) is 6.85. The van der Waals surface area contributed by atoms with E-state index in [9.17, 15) is 4.39 Å². The van der Waals surface area contributed by atoms with Gasteiger partial charge in [0.1, 0.15) is 5.82 Å². The minimum atomic E-state index is -0.126. The minimum Gasteiger partial charge on any atom is -0.309 e. The summed E-state index contributed by atoms with van der Waals surface area (Å²) in [5, 5.41) is 4.67. The van der Waals surface area contributed by atoms with Crippen molar-refractivity contribution in [3.63, 3.8) is 0 Å². The highest BCUT2D eigenvalue weighted by Gasteiger charge is 2.31. The second-order valence-corrected chi connectivity index (χ2v) is 7.78. The maximum atomic E-state index is 13.7. The maximum Gasteiger partial charge on any atom is 0.123 e. The molecular weight excluding hydrogens is 277 g/mol. The largest absolute Gasteiger partial charge is 0.309 e. The predicted molar refractivity (Wildman–Crippen MR) is 85.7 cm³/mol. The fourth-order valence-electron chi connectivity index (χ4n) is 2.60. The van der Waals surface area contributed by atoms with Gasteiger partial charge in [0.2, 0.25) is 0 Å². The molecule has 1 aromatic rings. The highest BCUT2D eigenvalue weighted by atomic mass is 32.2. The molecule has 106 valence electrons. The lowest BCUT2D eigenvalue weighted by Crippen LogP contribution is -2.37. The van der Waals surface area contributed by atoms with Crippen LogP contribution in [0.4, 0.5) is 4.39 Å². The smallest absolute Gasteiger partial charge is 0.123 e. The second kappa shape index (κ2) is 7.00. The highest BCUT2D eigenvalue weighted by molar-refractivity contribution is 8.07. The number of halogens is 1. The van der Waals surface area contributed by atoms with Gasteiger partial charge in [-0.05, 0) is 36.7 Å².